The Morgan fingerprint density at radius 3 is 2.00 bits per heavy atom. The van der Waals surface area contributed by atoms with Crippen LogP contribution in [0, 0.1) is 0 Å². The lowest BCUT2D eigenvalue weighted by Crippen LogP contribution is -2.21. The van der Waals surface area contributed by atoms with Gasteiger partial charge >= 0.3 is 0 Å². The van der Waals surface area contributed by atoms with E-state index in [0.717, 1.165) is 22.4 Å². The number of para-hydroxylation sites is 1. The molecule has 0 radical (unpaired) electrons. The van der Waals surface area contributed by atoms with Crippen molar-refractivity contribution in [2.24, 2.45) is 5.10 Å². The Kier molecular flexibility index (Phi) is 9.38. The van der Waals surface area contributed by atoms with Crippen molar-refractivity contribution in [3.8, 4) is 45.5 Å². The van der Waals surface area contributed by atoms with Crippen molar-refractivity contribution in [3.05, 3.63) is 103 Å². The van der Waals surface area contributed by atoms with Gasteiger partial charge in [-0.15, -0.1) is 10.2 Å². The van der Waals surface area contributed by atoms with E-state index in [2.05, 4.69) is 32.9 Å². The zero-order valence-corrected chi connectivity index (χ0v) is 25.1. The molecule has 43 heavy (non-hydrogen) atoms. The molecule has 4 aromatic carbocycles. The van der Waals surface area contributed by atoms with Crippen LogP contribution in [0.2, 0.25) is 0 Å². The van der Waals surface area contributed by atoms with Gasteiger partial charge in [-0.2, -0.15) is 5.10 Å². The number of rotatable bonds is 11. The maximum atomic E-state index is 12.8. The maximum Gasteiger partial charge on any atom is 0.250 e. The van der Waals surface area contributed by atoms with Gasteiger partial charge in [0, 0.05) is 11.3 Å². The molecule has 0 bridgehead atoms. The number of benzene rings is 4. The van der Waals surface area contributed by atoms with Gasteiger partial charge in [-0.3, -0.25) is 9.36 Å². The fourth-order valence-electron chi connectivity index (χ4n) is 4.48. The highest BCUT2D eigenvalue weighted by Crippen LogP contribution is 2.41. The number of nitrogens with one attached hydrogen (secondary N) is 1. The Morgan fingerprint density at radius 2 is 1.40 bits per heavy atom. The first-order valence-electron chi connectivity index (χ1n) is 13.5. The normalized spacial score (nSPS) is 11.2. The summed E-state index contributed by atoms with van der Waals surface area (Å²) in [7, 11) is 4.68. The topological polar surface area (TPSA) is 99.9 Å². The Balaban J connectivity index is 1.33. The largest absolute Gasteiger partial charge is 0.493 e. The van der Waals surface area contributed by atoms with Gasteiger partial charge < -0.3 is 14.2 Å². The van der Waals surface area contributed by atoms with Crippen LogP contribution in [-0.4, -0.2) is 53.5 Å². The SMILES string of the molecule is COc1cc(-c2nnc(SCC(=O)N/N=C(\C)c3ccc(-c4ccccc4)cc3)n2-c2ccccc2)cc(OC)c1OC. The Labute approximate surface area is 254 Å². The summed E-state index contributed by atoms with van der Waals surface area (Å²) in [6.07, 6.45) is 0. The summed E-state index contributed by atoms with van der Waals surface area (Å²) in [6, 6.07) is 31.6. The molecule has 1 N–H and O–H groups in total. The number of hydrogen-bond donors (Lipinski definition) is 1. The average Bonchev–Trinajstić information content (AvgIpc) is 3.50. The molecule has 9 nitrogen and oxygen atoms in total. The predicted molar refractivity (Wildman–Crippen MR) is 169 cm³/mol. The number of carbonyl (C=O) groups is 1. The van der Waals surface area contributed by atoms with Crippen LogP contribution in [0.15, 0.2) is 107 Å². The minimum Gasteiger partial charge on any atom is -0.493 e. The number of hydrogen-bond acceptors (Lipinski definition) is 8. The molecule has 0 aliphatic carbocycles. The second kappa shape index (κ2) is 13.7. The van der Waals surface area contributed by atoms with E-state index in [4.69, 9.17) is 14.2 Å². The summed E-state index contributed by atoms with van der Waals surface area (Å²) in [5.41, 5.74) is 8.10. The van der Waals surface area contributed by atoms with Gasteiger partial charge in [0.1, 0.15) is 0 Å². The summed E-state index contributed by atoms with van der Waals surface area (Å²) in [5, 5.41) is 13.8. The highest BCUT2D eigenvalue weighted by molar-refractivity contribution is 7.99. The van der Waals surface area contributed by atoms with Crippen molar-refractivity contribution in [3.63, 3.8) is 0 Å². The smallest absolute Gasteiger partial charge is 0.250 e. The highest BCUT2D eigenvalue weighted by Gasteiger charge is 2.21. The van der Waals surface area contributed by atoms with Crippen LogP contribution in [0.25, 0.3) is 28.2 Å². The lowest BCUT2D eigenvalue weighted by Gasteiger charge is -2.15. The van der Waals surface area contributed by atoms with Gasteiger partial charge in [-0.1, -0.05) is 84.6 Å². The molecule has 0 saturated carbocycles. The van der Waals surface area contributed by atoms with Crippen molar-refractivity contribution < 1.29 is 19.0 Å². The summed E-state index contributed by atoms with van der Waals surface area (Å²) >= 11 is 1.26. The molecule has 1 heterocycles. The molecule has 0 aliphatic heterocycles. The first-order chi connectivity index (χ1) is 21.0. The van der Waals surface area contributed by atoms with Crippen molar-refractivity contribution in [2.75, 3.05) is 27.1 Å². The molecule has 1 amide bonds. The van der Waals surface area contributed by atoms with Crippen LogP contribution >= 0.6 is 11.8 Å². The van der Waals surface area contributed by atoms with Crippen LogP contribution in [0.4, 0.5) is 0 Å². The van der Waals surface area contributed by atoms with Crippen molar-refractivity contribution in [1.29, 1.82) is 0 Å². The first kappa shape index (κ1) is 29.4. The zero-order chi connectivity index (χ0) is 30.2. The number of hydrazone groups is 1. The third kappa shape index (κ3) is 6.70. The minimum absolute atomic E-state index is 0.0872. The minimum atomic E-state index is -0.262. The second-order valence-electron chi connectivity index (χ2n) is 9.36. The number of carbonyl (C=O) groups excluding carboxylic acids is 1. The highest BCUT2D eigenvalue weighted by atomic mass is 32.2. The molecule has 218 valence electrons. The molecule has 0 fully saturated rings. The van der Waals surface area contributed by atoms with Crippen molar-refractivity contribution >= 4 is 23.4 Å². The second-order valence-corrected chi connectivity index (χ2v) is 10.3. The Morgan fingerprint density at radius 1 is 0.791 bits per heavy atom. The fourth-order valence-corrected chi connectivity index (χ4v) is 5.22. The molecule has 0 atom stereocenters. The van der Waals surface area contributed by atoms with E-state index in [-0.39, 0.29) is 11.7 Å². The van der Waals surface area contributed by atoms with E-state index in [1.807, 2.05) is 96.4 Å². The van der Waals surface area contributed by atoms with Crippen LogP contribution < -0.4 is 19.6 Å². The fraction of sp³-hybridized carbons (Fsp3) is 0.152. The van der Waals surface area contributed by atoms with Crippen LogP contribution in [0.3, 0.4) is 0 Å². The Bertz CT molecular complexity index is 1700. The standard InChI is InChI=1S/C33H31N5O4S/c1-22(23-15-17-25(18-16-23)24-11-7-5-8-12-24)34-35-30(39)21-43-33-37-36-32(38(33)27-13-9-6-10-14-27)26-19-28(40-2)31(42-4)29(20-26)41-3/h5-20H,21H2,1-4H3,(H,35,39)/b34-22+. The quantitative estimate of drug-likeness (QED) is 0.110. The number of nitrogens with zero attached hydrogens (tertiary/aromatic N) is 4. The number of aromatic nitrogens is 3. The first-order valence-corrected chi connectivity index (χ1v) is 14.4. The predicted octanol–water partition coefficient (Wildman–Crippen LogP) is 6.26. The molecule has 10 heteroatoms. The lowest BCUT2D eigenvalue weighted by molar-refractivity contribution is -0.118. The molecule has 0 spiro atoms. The number of thioether (sulfide) groups is 1. The number of methoxy groups -OCH3 is 3. The molecule has 0 aliphatic rings. The molecular weight excluding hydrogens is 562 g/mol. The summed E-state index contributed by atoms with van der Waals surface area (Å²) < 4.78 is 18.5. The van der Waals surface area contributed by atoms with E-state index in [1.165, 1.54) is 11.8 Å². The van der Waals surface area contributed by atoms with Gasteiger partial charge in [0.2, 0.25) is 5.75 Å². The third-order valence-corrected chi connectivity index (χ3v) is 7.59. The van der Waals surface area contributed by atoms with Gasteiger partial charge in [-0.05, 0) is 47.9 Å². The summed E-state index contributed by atoms with van der Waals surface area (Å²) in [5.74, 6) is 1.85. The summed E-state index contributed by atoms with van der Waals surface area (Å²) in [4.78, 5) is 12.8. The lowest BCUT2D eigenvalue weighted by atomic mass is 10.0. The van der Waals surface area contributed by atoms with Crippen molar-refractivity contribution in [2.45, 2.75) is 12.1 Å². The summed E-state index contributed by atoms with van der Waals surface area (Å²) in [6.45, 7) is 1.86. The average molecular weight is 594 g/mol. The van der Waals surface area contributed by atoms with E-state index < -0.39 is 0 Å². The maximum absolute atomic E-state index is 12.8. The van der Waals surface area contributed by atoms with Gasteiger partial charge in [0.25, 0.3) is 5.91 Å². The van der Waals surface area contributed by atoms with E-state index in [9.17, 15) is 4.79 Å². The van der Waals surface area contributed by atoms with Crippen LogP contribution in [0.1, 0.15) is 12.5 Å². The Hall–Kier alpha value is -5.09. The van der Waals surface area contributed by atoms with Crippen LogP contribution in [-0.2, 0) is 4.79 Å². The zero-order valence-electron chi connectivity index (χ0n) is 24.3. The third-order valence-electron chi connectivity index (χ3n) is 6.66. The van der Waals surface area contributed by atoms with E-state index in [1.54, 1.807) is 21.3 Å². The number of amides is 1. The van der Waals surface area contributed by atoms with Crippen LogP contribution in [0.5, 0.6) is 17.2 Å². The number of ether oxygens (including phenoxy) is 3. The van der Waals surface area contributed by atoms with Gasteiger partial charge in [-0.25, -0.2) is 5.43 Å². The molecule has 1 aromatic heterocycles. The van der Waals surface area contributed by atoms with E-state index >= 15 is 0 Å². The molecule has 5 rings (SSSR count). The molecular formula is C33H31N5O4S. The molecule has 5 aromatic rings. The molecule has 0 unspecified atom stereocenters. The van der Waals surface area contributed by atoms with Crippen molar-refractivity contribution in [1.82, 2.24) is 20.2 Å². The van der Waals surface area contributed by atoms with Gasteiger partial charge in [0.15, 0.2) is 22.5 Å². The van der Waals surface area contributed by atoms with Gasteiger partial charge in [0.05, 0.1) is 32.8 Å². The van der Waals surface area contributed by atoms with E-state index in [0.29, 0.717) is 39.5 Å². The monoisotopic (exact) mass is 593 g/mol. The molecule has 0 saturated heterocycles.